The van der Waals surface area contributed by atoms with Crippen molar-refractivity contribution in [1.29, 1.82) is 0 Å². The highest BCUT2D eigenvalue weighted by molar-refractivity contribution is 9.10. The number of carbonyl (C=O) groups is 1. The van der Waals surface area contributed by atoms with Gasteiger partial charge in [0.25, 0.3) is 5.91 Å². The zero-order chi connectivity index (χ0) is 19.6. The molecule has 0 radical (unpaired) electrons. The number of ether oxygens (including phenoxy) is 1. The second kappa shape index (κ2) is 8.61. The summed E-state index contributed by atoms with van der Waals surface area (Å²) >= 11 is 17.2. The Bertz CT molecular complexity index is 1010. The van der Waals surface area contributed by atoms with Crippen LogP contribution in [0.5, 0.6) is 5.75 Å². The molecule has 8 heteroatoms. The molecule has 0 spiro atoms. The van der Waals surface area contributed by atoms with E-state index in [1.165, 1.54) is 11.3 Å². The number of hydrogen-bond donors (Lipinski definition) is 1. The van der Waals surface area contributed by atoms with Crippen molar-refractivity contribution in [3.05, 3.63) is 61.4 Å². The lowest BCUT2D eigenvalue weighted by Gasteiger charge is -2.12. The van der Waals surface area contributed by atoms with Crippen molar-refractivity contribution >= 4 is 61.5 Å². The summed E-state index contributed by atoms with van der Waals surface area (Å²) < 4.78 is 6.37. The van der Waals surface area contributed by atoms with Gasteiger partial charge in [-0.15, -0.1) is 11.3 Å². The Morgan fingerprint density at radius 3 is 2.78 bits per heavy atom. The van der Waals surface area contributed by atoms with Crippen molar-refractivity contribution in [3.63, 3.8) is 0 Å². The molecule has 2 aromatic carbocycles. The van der Waals surface area contributed by atoms with Gasteiger partial charge in [-0.05, 0) is 53.0 Å². The highest BCUT2D eigenvalue weighted by atomic mass is 79.9. The van der Waals surface area contributed by atoms with Gasteiger partial charge in [0.05, 0.1) is 10.2 Å². The Morgan fingerprint density at radius 1 is 1.30 bits per heavy atom. The summed E-state index contributed by atoms with van der Waals surface area (Å²) in [6.45, 7) is 3.64. The largest absolute Gasteiger partial charge is 0.483 e. The van der Waals surface area contributed by atoms with Gasteiger partial charge in [-0.25, -0.2) is 4.98 Å². The Morgan fingerprint density at radius 2 is 2.04 bits per heavy atom. The molecule has 0 saturated heterocycles. The Kier molecular flexibility index (Phi) is 6.42. The second-order valence-electron chi connectivity index (χ2n) is 5.80. The van der Waals surface area contributed by atoms with E-state index in [9.17, 15) is 4.79 Å². The third-order valence-electron chi connectivity index (χ3n) is 3.83. The molecule has 140 valence electrons. The van der Waals surface area contributed by atoms with Crippen LogP contribution in [0.25, 0.3) is 11.3 Å². The number of amides is 1. The van der Waals surface area contributed by atoms with Crippen LogP contribution < -0.4 is 10.1 Å². The maximum atomic E-state index is 12.2. The van der Waals surface area contributed by atoms with Gasteiger partial charge in [0.1, 0.15) is 5.75 Å². The summed E-state index contributed by atoms with van der Waals surface area (Å²) in [4.78, 5) is 16.6. The van der Waals surface area contributed by atoms with Crippen molar-refractivity contribution in [2.45, 2.75) is 13.8 Å². The van der Waals surface area contributed by atoms with Gasteiger partial charge in [0, 0.05) is 21.0 Å². The molecular formula is C19H15BrCl2N2O2S. The molecule has 4 nitrogen and oxygen atoms in total. The van der Waals surface area contributed by atoms with Gasteiger partial charge < -0.3 is 4.74 Å². The first-order valence-electron chi connectivity index (χ1n) is 7.95. The van der Waals surface area contributed by atoms with Gasteiger partial charge in [-0.1, -0.05) is 41.4 Å². The standard InChI is InChI=1S/C19H15BrCl2N2O2S/c1-10-7-15(17(20)11(2)18(10)22)26-8-16(25)24-19-23-14(9-27-19)12-5-3-4-6-13(12)21/h3-7,9H,8H2,1-2H3,(H,23,24,25). The minimum Gasteiger partial charge on any atom is -0.483 e. The summed E-state index contributed by atoms with van der Waals surface area (Å²) in [6, 6.07) is 9.23. The minimum atomic E-state index is -0.299. The minimum absolute atomic E-state index is 0.139. The van der Waals surface area contributed by atoms with E-state index in [0.29, 0.717) is 26.6 Å². The van der Waals surface area contributed by atoms with Crippen molar-refractivity contribution in [1.82, 2.24) is 4.98 Å². The topological polar surface area (TPSA) is 51.2 Å². The van der Waals surface area contributed by atoms with E-state index in [0.717, 1.165) is 21.2 Å². The summed E-state index contributed by atoms with van der Waals surface area (Å²) in [6.07, 6.45) is 0. The van der Waals surface area contributed by atoms with Gasteiger partial charge in [-0.2, -0.15) is 0 Å². The fraction of sp³-hybridized carbons (Fsp3) is 0.158. The average Bonchev–Trinajstić information content (AvgIpc) is 3.10. The summed E-state index contributed by atoms with van der Waals surface area (Å²) in [5, 5.41) is 6.36. The highest BCUT2D eigenvalue weighted by Crippen LogP contribution is 2.35. The van der Waals surface area contributed by atoms with Crippen molar-refractivity contribution in [2.24, 2.45) is 0 Å². The van der Waals surface area contributed by atoms with Crippen LogP contribution >= 0.6 is 50.5 Å². The van der Waals surface area contributed by atoms with Crippen molar-refractivity contribution in [2.75, 3.05) is 11.9 Å². The van der Waals surface area contributed by atoms with Crippen LogP contribution in [-0.2, 0) is 4.79 Å². The molecule has 0 unspecified atom stereocenters. The van der Waals surface area contributed by atoms with Crippen LogP contribution in [-0.4, -0.2) is 17.5 Å². The van der Waals surface area contributed by atoms with Crippen molar-refractivity contribution < 1.29 is 9.53 Å². The first-order chi connectivity index (χ1) is 12.9. The summed E-state index contributed by atoms with van der Waals surface area (Å²) in [5.41, 5.74) is 3.30. The number of nitrogens with zero attached hydrogens (tertiary/aromatic N) is 1. The van der Waals surface area contributed by atoms with Crippen LogP contribution in [0, 0.1) is 13.8 Å². The number of rotatable bonds is 5. The third-order valence-corrected chi connectivity index (χ3v) is 6.48. The lowest BCUT2D eigenvalue weighted by atomic mass is 10.1. The van der Waals surface area contributed by atoms with Gasteiger partial charge in [0.15, 0.2) is 11.7 Å². The number of hydrogen-bond acceptors (Lipinski definition) is 4. The lowest BCUT2D eigenvalue weighted by Crippen LogP contribution is -2.20. The SMILES string of the molecule is Cc1cc(OCC(=O)Nc2nc(-c3ccccc3Cl)cs2)c(Br)c(C)c1Cl. The quantitative estimate of drug-likeness (QED) is 0.447. The number of nitrogens with one attached hydrogen (secondary N) is 1. The van der Waals surface area contributed by atoms with E-state index in [1.807, 2.05) is 37.4 Å². The van der Waals surface area contributed by atoms with Crippen LogP contribution in [0.1, 0.15) is 11.1 Å². The van der Waals surface area contributed by atoms with E-state index in [1.54, 1.807) is 12.1 Å². The van der Waals surface area contributed by atoms with E-state index in [2.05, 4.69) is 26.2 Å². The maximum Gasteiger partial charge on any atom is 0.264 e. The van der Waals surface area contributed by atoms with Gasteiger partial charge >= 0.3 is 0 Å². The molecule has 1 N–H and O–H groups in total. The van der Waals surface area contributed by atoms with E-state index >= 15 is 0 Å². The first kappa shape index (κ1) is 20.1. The predicted molar refractivity (Wildman–Crippen MR) is 115 cm³/mol. The molecular weight excluding hydrogens is 471 g/mol. The zero-order valence-electron chi connectivity index (χ0n) is 14.5. The van der Waals surface area contributed by atoms with Crippen molar-refractivity contribution in [3.8, 4) is 17.0 Å². The molecule has 0 atom stereocenters. The van der Waals surface area contributed by atoms with Crippen LogP contribution in [0.2, 0.25) is 10.0 Å². The molecule has 0 fully saturated rings. The van der Waals surface area contributed by atoms with Gasteiger partial charge in [-0.3, -0.25) is 10.1 Å². The average molecular weight is 486 g/mol. The zero-order valence-corrected chi connectivity index (χ0v) is 18.4. The Hall–Kier alpha value is -1.60. The van der Waals surface area contributed by atoms with Crippen LogP contribution in [0.3, 0.4) is 0 Å². The van der Waals surface area contributed by atoms with Gasteiger partial charge in [0.2, 0.25) is 0 Å². The summed E-state index contributed by atoms with van der Waals surface area (Å²) in [5.74, 6) is 0.271. The molecule has 0 aliphatic carbocycles. The predicted octanol–water partition coefficient (Wildman–Crippen LogP) is 6.51. The maximum absolute atomic E-state index is 12.2. The molecule has 1 heterocycles. The molecule has 0 saturated carbocycles. The Balaban J connectivity index is 1.65. The molecule has 1 aromatic heterocycles. The van der Waals surface area contributed by atoms with Crippen LogP contribution in [0.4, 0.5) is 5.13 Å². The third kappa shape index (κ3) is 4.63. The van der Waals surface area contributed by atoms with E-state index < -0.39 is 0 Å². The van der Waals surface area contributed by atoms with Crippen LogP contribution in [0.15, 0.2) is 40.2 Å². The smallest absolute Gasteiger partial charge is 0.264 e. The number of carbonyl (C=O) groups excluding carboxylic acids is 1. The Labute approximate surface area is 179 Å². The monoisotopic (exact) mass is 484 g/mol. The summed E-state index contributed by atoms with van der Waals surface area (Å²) in [7, 11) is 0. The molecule has 0 aliphatic heterocycles. The van der Waals surface area contributed by atoms with E-state index in [4.69, 9.17) is 27.9 Å². The van der Waals surface area contributed by atoms with E-state index in [-0.39, 0.29) is 12.5 Å². The highest BCUT2D eigenvalue weighted by Gasteiger charge is 2.14. The normalized spacial score (nSPS) is 10.7. The fourth-order valence-electron chi connectivity index (χ4n) is 2.43. The second-order valence-corrected chi connectivity index (χ2v) is 8.24. The molecule has 1 amide bonds. The molecule has 0 aliphatic rings. The molecule has 0 bridgehead atoms. The molecule has 3 rings (SSSR count). The molecule has 3 aromatic rings. The number of anilines is 1. The number of halogens is 3. The number of aryl methyl sites for hydroxylation is 1. The number of benzene rings is 2. The number of aromatic nitrogens is 1. The molecule has 27 heavy (non-hydrogen) atoms. The first-order valence-corrected chi connectivity index (χ1v) is 10.4. The lowest BCUT2D eigenvalue weighted by molar-refractivity contribution is -0.118. The number of thiazole rings is 1. The fourth-order valence-corrected chi connectivity index (χ4v) is 4.08.